The number of likely N-dealkylation sites (tertiary alicyclic amines) is 8. The second-order valence-electron chi connectivity index (χ2n) is 34.2. The van der Waals surface area contributed by atoms with Gasteiger partial charge in [-0.15, -0.1) is 0 Å². The molecule has 0 aliphatic carbocycles. The van der Waals surface area contributed by atoms with Crippen LogP contribution in [0, 0.1) is 0 Å². The van der Waals surface area contributed by atoms with E-state index in [0.29, 0.717) is 18.4 Å². The molecule has 25 N–H and O–H groups in total. The minimum absolute atomic E-state index is 0.00111. The van der Waals surface area contributed by atoms with Crippen LogP contribution >= 0.6 is 0 Å². The number of hydrogen-bond donors (Lipinski definition) is 22. The van der Waals surface area contributed by atoms with Crippen molar-refractivity contribution in [3.63, 3.8) is 0 Å². The monoisotopic (exact) mass is 1780 g/mol. The number of aliphatic hydroxyl groups is 10. The summed E-state index contributed by atoms with van der Waals surface area (Å²) in [6.07, 6.45) is -13.3. The number of aliphatic carboxylic acids is 1. The number of rotatable bonds is 38. The summed E-state index contributed by atoms with van der Waals surface area (Å²) >= 11 is 0. The number of β-amino-alcohol motifs (C(OH)–C–C–N with tert-alkyl or cyclic N) is 5. The van der Waals surface area contributed by atoms with E-state index < -0.39 is 292 Å². The van der Waals surface area contributed by atoms with Crippen LogP contribution < -0.4 is 54.4 Å². The summed E-state index contributed by atoms with van der Waals surface area (Å²) in [5.41, 5.74) is 17.9. The number of phenolic OH excluding ortho intramolecular Hbond substituents is 1. The van der Waals surface area contributed by atoms with Crippen LogP contribution in [0.5, 0.6) is 5.75 Å². The molecule has 702 valence electrons. The first-order valence-corrected chi connectivity index (χ1v) is 43.1. The largest absolute Gasteiger partial charge is 0.508 e. The van der Waals surface area contributed by atoms with Gasteiger partial charge in [0.1, 0.15) is 102 Å². The van der Waals surface area contributed by atoms with Crippen molar-refractivity contribution in [1.29, 1.82) is 0 Å². The molecule has 15 amide bonds. The van der Waals surface area contributed by atoms with E-state index in [4.69, 9.17) is 17.2 Å². The Balaban J connectivity index is 0.820. The van der Waals surface area contributed by atoms with Gasteiger partial charge < -0.3 is 155 Å². The summed E-state index contributed by atoms with van der Waals surface area (Å²) in [5, 5.41) is 145. The molecule has 46 nitrogen and oxygen atoms in total. The Morgan fingerprint density at radius 2 is 0.706 bits per heavy atom. The van der Waals surface area contributed by atoms with E-state index in [1.807, 2.05) is 0 Å². The van der Waals surface area contributed by atoms with Crippen molar-refractivity contribution in [1.82, 2.24) is 76.4 Å². The molecule has 0 spiro atoms. The minimum Gasteiger partial charge on any atom is -0.508 e. The summed E-state index contributed by atoms with van der Waals surface area (Å²) in [4.78, 5) is 236. The number of carboxylic acids is 1. The number of unbranched alkanes of at least 4 members (excludes halogenated alkanes) is 2. The van der Waals surface area contributed by atoms with Crippen molar-refractivity contribution in [2.24, 2.45) is 17.2 Å². The zero-order valence-corrected chi connectivity index (χ0v) is 71.0. The third-order valence-corrected chi connectivity index (χ3v) is 24.7. The fourth-order valence-electron chi connectivity index (χ4n) is 17.9. The van der Waals surface area contributed by atoms with Gasteiger partial charge in [-0.05, 0) is 136 Å². The number of carboxylic acid groups (broad SMARTS) is 1. The minimum atomic E-state index is -1.86. The second-order valence-corrected chi connectivity index (χ2v) is 34.2. The Labute approximate surface area is 725 Å². The SMILES string of the molecule is C[C@@H](O)[C@H](N)C(=O)N1C[C@H](O)C[C@H]1C(=O)N[C@@H](CO)C(=O)N1C[C@H](O)C[C@H]1C(=O)N[C@@H](CCCCN)C(=O)N1CCC[C@H]1C(=O)N1C[C@H](O)C[C@H]1C(=O)N[C@H](C(=O)N1CCC[C@H]1C(=O)N[C@@H](CCCCN)C(=O)N1CCC[C@H]1C(=O)N[C@H](C(=O)N1C[C@H](O)C[C@H]1C(=O)N1C[C@H](O)C[C@H]1C(=O)N[C@H](C(=O)N[C@@H](Cc1ccc(O)cc1)C(=O)O)[C@@H](C)O)[C@@H](C)O)[C@@H](C)O. The van der Waals surface area contributed by atoms with Crippen molar-refractivity contribution in [3.8, 4) is 5.75 Å². The molecule has 1 aromatic carbocycles. The Kier molecular flexibility index (Phi) is 35.4. The number of nitrogens with two attached hydrogens (primary N) is 3. The second kappa shape index (κ2) is 44.6. The fraction of sp³-hybridized carbons (Fsp3) is 0.725. The highest BCUT2D eigenvalue weighted by Gasteiger charge is 2.54. The lowest BCUT2D eigenvalue weighted by atomic mass is 10.0. The molecule has 8 aliphatic heterocycles. The van der Waals surface area contributed by atoms with Gasteiger partial charge in [0.05, 0.1) is 61.5 Å². The molecule has 46 heteroatoms. The topological polar surface area (TPSA) is 704 Å². The quantitative estimate of drug-likeness (QED) is 0.0273. The molecule has 0 aromatic heterocycles. The molecule has 8 saturated heterocycles. The van der Waals surface area contributed by atoms with E-state index in [0.717, 1.165) is 43.2 Å². The van der Waals surface area contributed by atoms with Gasteiger partial charge >= 0.3 is 5.97 Å². The van der Waals surface area contributed by atoms with Gasteiger partial charge in [-0.1, -0.05) is 12.1 Å². The summed E-state index contributed by atoms with van der Waals surface area (Å²) in [5.74, 6) is -15.8. The average molecular weight is 1790 g/mol. The Morgan fingerprint density at radius 1 is 0.381 bits per heavy atom. The number of aliphatic hydroxyl groups excluding tert-OH is 10. The molecular formula is C80H124N18O28. The predicted octanol–water partition coefficient (Wildman–Crippen LogP) is -11.7. The maximum Gasteiger partial charge on any atom is 0.326 e. The maximum atomic E-state index is 14.9. The third kappa shape index (κ3) is 24.1. The molecule has 8 fully saturated rings. The fourth-order valence-corrected chi connectivity index (χ4v) is 17.9. The molecule has 126 heavy (non-hydrogen) atoms. The number of nitrogens with zero attached hydrogens (tertiary/aromatic N) is 8. The maximum absolute atomic E-state index is 14.9. The van der Waals surface area contributed by atoms with E-state index in [1.165, 1.54) is 47.9 Å². The van der Waals surface area contributed by atoms with Crippen molar-refractivity contribution >= 4 is 94.6 Å². The summed E-state index contributed by atoms with van der Waals surface area (Å²) in [7, 11) is 0. The zero-order valence-electron chi connectivity index (χ0n) is 71.0. The first-order chi connectivity index (χ1) is 59.6. The van der Waals surface area contributed by atoms with Gasteiger partial charge in [0.15, 0.2) is 0 Å². The molecule has 0 saturated carbocycles. The zero-order chi connectivity index (χ0) is 92.7. The summed E-state index contributed by atoms with van der Waals surface area (Å²) in [6, 6.07) is -19.2. The van der Waals surface area contributed by atoms with Crippen LogP contribution in [-0.2, 0) is 83.1 Å². The number of aromatic hydroxyl groups is 1. The highest BCUT2D eigenvalue weighted by molar-refractivity contribution is 6.02. The predicted molar refractivity (Wildman–Crippen MR) is 435 cm³/mol. The Hall–Kier alpha value is -9.98. The summed E-state index contributed by atoms with van der Waals surface area (Å²) < 4.78 is 0. The van der Waals surface area contributed by atoms with E-state index in [-0.39, 0.29) is 135 Å². The molecule has 8 aliphatic rings. The molecule has 0 unspecified atom stereocenters. The lowest BCUT2D eigenvalue weighted by Gasteiger charge is -2.35. The van der Waals surface area contributed by atoms with Gasteiger partial charge in [-0.3, -0.25) is 71.9 Å². The van der Waals surface area contributed by atoms with E-state index >= 15 is 0 Å². The van der Waals surface area contributed by atoms with Crippen LogP contribution in [0.1, 0.15) is 142 Å². The van der Waals surface area contributed by atoms with Gasteiger partial charge in [0.25, 0.3) is 0 Å². The lowest BCUT2D eigenvalue weighted by molar-refractivity contribution is -0.150. The number of carbonyl (C=O) groups is 16. The van der Waals surface area contributed by atoms with Crippen LogP contribution in [0.2, 0.25) is 0 Å². The molecule has 1 aromatic rings. The molecule has 0 bridgehead atoms. The van der Waals surface area contributed by atoms with Crippen LogP contribution in [0.3, 0.4) is 0 Å². The average Bonchev–Trinajstić information content (AvgIpc) is 1.63. The number of nitrogens with one attached hydrogen (secondary N) is 7. The highest BCUT2D eigenvalue weighted by atomic mass is 16.4. The van der Waals surface area contributed by atoms with E-state index in [2.05, 4.69) is 37.2 Å². The number of phenols is 1. The number of amides is 15. The van der Waals surface area contributed by atoms with Crippen LogP contribution in [0.4, 0.5) is 0 Å². The highest BCUT2D eigenvalue weighted by Crippen LogP contribution is 2.32. The van der Waals surface area contributed by atoms with Gasteiger partial charge in [0, 0.05) is 90.9 Å². The van der Waals surface area contributed by atoms with Crippen LogP contribution in [0.25, 0.3) is 0 Å². The molecular weight excluding hydrogens is 1660 g/mol. The molecule has 0 radical (unpaired) electrons. The number of hydrogen-bond acceptors (Lipinski definition) is 30. The standard InChI is InChI=1S/C80H124N18O28/c1-38(100)61(83)77(122)97-35-47(108)28-57(97)68(113)87-52(37-99)74(119)94-32-44(105)27-56(94)67(112)85-50(13-6-8-22-82)73(118)93-25-11-16-55(93)75(120)95-33-45(106)30-59(95)70(115)90-63(40(3)102)78(123)92-24-10-14-53(92)65(110)84-49(12-5-7-21-81)72(117)91-23-9-15-54(91)66(111)89-64(41(4)103)79(124)98-36-48(109)31-60(98)76(121)96-34-46(107)29-58(96)69(114)88-62(39(2)101)71(116)86-51(80(125)126)26-42-17-19-43(104)20-18-42/h17-20,38-41,44-64,99-109H,5-16,21-37,81-83H2,1-4H3,(H,84,110)(H,85,112)(H,86,116)(H,87,113)(H,88,114)(H,89,111)(H,90,115)(H,125,126)/t38-,39-,40-,41-,44-,45-,46-,47-,48-,49+,50+,51+,52+,53+,54+,55+,56+,57+,58+,59+,60+,61+,62+,63+,64+/m1/s1. The first-order valence-electron chi connectivity index (χ1n) is 43.1. The summed E-state index contributed by atoms with van der Waals surface area (Å²) in [6.45, 7) is 1.53. The van der Waals surface area contributed by atoms with Crippen LogP contribution in [-0.4, -0.2) is 419 Å². The van der Waals surface area contributed by atoms with E-state index in [1.54, 1.807) is 0 Å². The van der Waals surface area contributed by atoms with Crippen molar-refractivity contribution in [2.45, 2.75) is 295 Å². The first kappa shape index (κ1) is 99.8. The van der Waals surface area contributed by atoms with Crippen molar-refractivity contribution in [2.75, 3.05) is 72.1 Å². The van der Waals surface area contributed by atoms with Crippen molar-refractivity contribution < 1.29 is 138 Å². The van der Waals surface area contributed by atoms with E-state index in [9.17, 15) is 138 Å². The van der Waals surface area contributed by atoms with Crippen LogP contribution in [0.15, 0.2) is 24.3 Å². The third-order valence-electron chi connectivity index (χ3n) is 24.7. The normalized spacial score (nSPS) is 27.1. The Bertz CT molecular complexity index is 4090. The lowest BCUT2D eigenvalue weighted by Crippen LogP contribution is -2.62. The molecule has 8 heterocycles. The number of carbonyl (C=O) groups excluding carboxylic acids is 15. The molecule has 9 rings (SSSR count). The van der Waals surface area contributed by atoms with Crippen molar-refractivity contribution in [3.05, 3.63) is 29.8 Å². The van der Waals surface area contributed by atoms with Gasteiger partial charge in [-0.25, -0.2) is 4.79 Å². The van der Waals surface area contributed by atoms with Gasteiger partial charge in [0.2, 0.25) is 88.6 Å². The van der Waals surface area contributed by atoms with Gasteiger partial charge in [-0.2, -0.15) is 0 Å². The smallest absolute Gasteiger partial charge is 0.326 e. The molecule has 25 atom stereocenters. The Morgan fingerprint density at radius 3 is 1.12 bits per heavy atom. The number of benzene rings is 1.